The number of aryl methyl sites for hydroxylation is 1. The van der Waals surface area contributed by atoms with Gasteiger partial charge in [0.2, 0.25) is 23.0 Å². The Balaban J connectivity index is 2.07. The lowest BCUT2D eigenvalue weighted by Crippen LogP contribution is -2.30. The van der Waals surface area contributed by atoms with E-state index < -0.39 is 0 Å². The van der Waals surface area contributed by atoms with Crippen molar-refractivity contribution >= 4 is 17.5 Å². The molecule has 9 nitrogen and oxygen atoms in total. The van der Waals surface area contributed by atoms with Crippen molar-refractivity contribution in [3.05, 3.63) is 45.6 Å². The number of nitrogens with one attached hydrogen (secondary N) is 3. The first-order chi connectivity index (χ1) is 17.7. The molecule has 0 unspecified atom stereocenters. The summed E-state index contributed by atoms with van der Waals surface area (Å²) in [5.41, 5.74) is 3.45. The molecular formula is C28H37N3O6. The molecule has 3 rings (SSSR count). The van der Waals surface area contributed by atoms with Gasteiger partial charge in [-0.1, -0.05) is 6.07 Å². The van der Waals surface area contributed by atoms with Crippen molar-refractivity contribution in [1.82, 2.24) is 10.6 Å². The third kappa shape index (κ3) is 6.53. The van der Waals surface area contributed by atoms with Crippen LogP contribution < -0.4 is 35.6 Å². The van der Waals surface area contributed by atoms with Crippen molar-refractivity contribution in [3.63, 3.8) is 0 Å². The first kappa shape index (κ1) is 27.8. The first-order valence-electron chi connectivity index (χ1n) is 12.5. The first-order valence-corrected chi connectivity index (χ1v) is 12.5. The molecule has 3 N–H and O–H groups in total. The molecule has 0 fully saturated rings. The van der Waals surface area contributed by atoms with E-state index >= 15 is 0 Å². The highest BCUT2D eigenvalue weighted by atomic mass is 16.5. The topological polar surface area (TPSA) is 115 Å². The van der Waals surface area contributed by atoms with E-state index in [1.54, 1.807) is 33.5 Å². The maximum atomic E-state index is 13.3. The van der Waals surface area contributed by atoms with Gasteiger partial charge in [-0.2, -0.15) is 0 Å². The minimum Gasteiger partial charge on any atom is -0.493 e. The molecule has 0 saturated carbocycles. The Hall–Kier alpha value is -3.75. The van der Waals surface area contributed by atoms with Gasteiger partial charge in [0.25, 0.3) is 0 Å². The maximum absolute atomic E-state index is 13.3. The molecule has 0 saturated heterocycles. The third-order valence-corrected chi connectivity index (χ3v) is 6.26. The third-order valence-electron chi connectivity index (χ3n) is 6.26. The predicted molar refractivity (Wildman–Crippen MR) is 144 cm³/mol. The van der Waals surface area contributed by atoms with Gasteiger partial charge < -0.3 is 30.2 Å². The largest absolute Gasteiger partial charge is 0.493 e. The van der Waals surface area contributed by atoms with Gasteiger partial charge in [0, 0.05) is 31.5 Å². The number of benzene rings is 1. The molecule has 0 aromatic heterocycles. The van der Waals surface area contributed by atoms with Crippen molar-refractivity contribution in [2.75, 3.05) is 33.2 Å². The lowest BCUT2D eigenvalue weighted by atomic mass is 9.95. The van der Waals surface area contributed by atoms with E-state index in [-0.39, 0.29) is 29.3 Å². The zero-order valence-electron chi connectivity index (χ0n) is 22.4. The van der Waals surface area contributed by atoms with Crippen LogP contribution in [0.3, 0.4) is 0 Å². The van der Waals surface area contributed by atoms with Crippen LogP contribution in [0.4, 0.5) is 5.69 Å². The van der Waals surface area contributed by atoms with Crippen LogP contribution in [0.25, 0.3) is 11.1 Å². The van der Waals surface area contributed by atoms with Gasteiger partial charge in [0.05, 0.1) is 33.1 Å². The molecule has 0 aliphatic heterocycles. The lowest BCUT2D eigenvalue weighted by Gasteiger charge is -2.19. The van der Waals surface area contributed by atoms with E-state index in [0.717, 1.165) is 16.7 Å². The minimum absolute atomic E-state index is 0.0179. The Morgan fingerprint density at radius 2 is 1.78 bits per heavy atom. The van der Waals surface area contributed by atoms with Crippen molar-refractivity contribution in [3.8, 4) is 28.4 Å². The van der Waals surface area contributed by atoms with Crippen molar-refractivity contribution in [2.24, 2.45) is 0 Å². The van der Waals surface area contributed by atoms with Gasteiger partial charge >= 0.3 is 0 Å². The fraction of sp³-hybridized carbons (Fsp3) is 0.464. The standard InChI is InChI=1S/C28H37N3O6/c1-16(2)30-25(34)8-7-13-29-22-12-10-19-20(15-23(22)33)21(31-17(3)32)11-9-18-14-24(35-4)27(36-5)28(37-6)26(18)19/h10,12,14-16,21H,7-9,11,13H2,1-6H3,(H,29,33)(H,30,34)(H,31,32)/t21-/m0/s1. The zero-order valence-corrected chi connectivity index (χ0v) is 22.4. The number of amides is 2. The Morgan fingerprint density at radius 1 is 1.05 bits per heavy atom. The van der Waals surface area contributed by atoms with Crippen LogP contribution in [-0.2, 0) is 16.0 Å². The van der Waals surface area contributed by atoms with Gasteiger partial charge in [0.1, 0.15) is 0 Å². The van der Waals surface area contributed by atoms with Gasteiger partial charge in [-0.25, -0.2) is 0 Å². The van der Waals surface area contributed by atoms with Crippen LogP contribution in [0.2, 0.25) is 0 Å². The highest BCUT2D eigenvalue weighted by Crippen LogP contribution is 2.50. The van der Waals surface area contributed by atoms with Crippen LogP contribution in [0.1, 0.15) is 57.2 Å². The van der Waals surface area contributed by atoms with Crippen molar-refractivity contribution in [2.45, 2.75) is 58.5 Å². The molecule has 0 radical (unpaired) electrons. The van der Waals surface area contributed by atoms with Gasteiger partial charge in [-0.15, -0.1) is 0 Å². The number of hydrogen-bond donors (Lipinski definition) is 3. The lowest BCUT2D eigenvalue weighted by molar-refractivity contribution is -0.121. The van der Waals surface area contributed by atoms with Crippen molar-refractivity contribution < 1.29 is 23.8 Å². The molecule has 200 valence electrons. The van der Waals surface area contributed by atoms with E-state index in [2.05, 4.69) is 16.0 Å². The average Bonchev–Trinajstić information content (AvgIpc) is 3.09. The van der Waals surface area contributed by atoms with Gasteiger partial charge in [-0.05, 0) is 68.0 Å². The quantitative estimate of drug-likeness (QED) is 0.418. The highest BCUT2D eigenvalue weighted by Gasteiger charge is 2.29. The number of methoxy groups -OCH3 is 3. The Labute approximate surface area is 217 Å². The SMILES string of the molecule is COc1cc2c(c(OC)c1OC)-c1ccc(NCCCC(=O)NC(C)C)c(=O)cc1[C@@H](NC(C)=O)CC2. The van der Waals surface area contributed by atoms with Gasteiger partial charge in [0.15, 0.2) is 11.5 Å². The fourth-order valence-electron chi connectivity index (χ4n) is 4.72. The van der Waals surface area contributed by atoms with Crippen LogP contribution >= 0.6 is 0 Å². The van der Waals surface area contributed by atoms with E-state index in [1.807, 2.05) is 26.0 Å². The van der Waals surface area contributed by atoms with Crippen LogP contribution in [-0.4, -0.2) is 45.7 Å². The molecule has 1 aliphatic carbocycles. The molecular weight excluding hydrogens is 474 g/mol. The molecule has 0 bridgehead atoms. The number of ether oxygens (including phenoxy) is 3. The Kier molecular flexibility index (Phi) is 9.38. The number of anilines is 1. The van der Waals surface area contributed by atoms with Crippen molar-refractivity contribution in [1.29, 1.82) is 0 Å². The molecule has 2 amide bonds. The van der Waals surface area contributed by atoms with Crippen LogP contribution in [0, 0.1) is 0 Å². The zero-order chi connectivity index (χ0) is 27.1. The highest BCUT2D eigenvalue weighted by molar-refractivity contribution is 5.83. The molecule has 37 heavy (non-hydrogen) atoms. The van der Waals surface area contributed by atoms with E-state index in [9.17, 15) is 14.4 Å². The molecule has 1 atom stereocenters. The molecule has 1 aliphatic rings. The summed E-state index contributed by atoms with van der Waals surface area (Å²) < 4.78 is 17.0. The monoisotopic (exact) mass is 511 g/mol. The summed E-state index contributed by atoms with van der Waals surface area (Å²) in [6.45, 7) is 5.77. The minimum atomic E-state index is -0.366. The molecule has 9 heteroatoms. The second-order valence-electron chi connectivity index (χ2n) is 9.35. The summed E-state index contributed by atoms with van der Waals surface area (Å²) in [5.74, 6) is 1.31. The molecule has 2 aromatic rings. The van der Waals surface area contributed by atoms with Crippen LogP contribution in [0.5, 0.6) is 17.2 Å². The molecule has 0 heterocycles. The number of rotatable bonds is 10. The normalized spacial score (nSPS) is 14.1. The summed E-state index contributed by atoms with van der Waals surface area (Å²) in [5, 5.41) is 9.04. The number of carbonyl (C=O) groups excluding carboxylic acids is 2. The number of hydrogen-bond acceptors (Lipinski definition) is 7. The summed E-state index contributed by atoms with van der Waals surface area (Å²) in [4.78, 5) is 37.2. The summed E-state index contributed by atoms with van der Waals surface area (Å²) >= 11 is 0. The average molecular weight is 512 g/mol. The molecule has 2 aromatic carbocycles. The Bertz CT molecular complexity index is 1210. The second-order valence-corrected chi connectivity index (χ2v) is 9.35. The van der Waals surface area contributed by atoms with Gasteiger partial charge in [-0.3, -0.25) is 14.4 Å². The van der Waals surface area contributed by atoms with E-state index in [0.29, 0.717) is 60.7 Å². The number of carbonyl (C=O) groups is 2. The fourth-order valence-corrected chi connectivity index (χ4v) is 4.72. The summed E-state index contributed by atoms with van der Waals surface area (Å²) in [7, 11) is 4.69. The summed E-state index contributed by atoms with van der Waals surface area (Å²) in [6.07, 6.45) is 2.17. The van der Waals surface area contributed by atoms with E-state index in [1.165, 1.54) is 6.92 Å². The second kappa shape index (κ2) is 12.5. The predicted octanol–water partition coefficient (Wildman–Crippen LogP) is 3.58. The smallest absolute Gasteiger partial charge is 0.220 e. The molecule has 0 spiro atoms. The summed E-state index contributed by atoms with van der Waals surface area (Å²) in [6, 6.07) is 6.84. The van der Waals surface area contributed by atoms with Crippen LogP contribution in [0.15, 0.2) is 29.1 Å². The maximum Gasteiger partial charge on any atom is 0.220 e. The Morgan fingerprint density at radius 3 is 2.41 bits per heavy atom. The number of fused-ring (bicyclic) bond motifs is 3. The van der Waals surface area contributed by atoms with E-state index in [4.69, 9.17) is 14.2 Å².